The van der Waals surface area contributed by atoms with Crippen molar-refractivity contribution in [2.45, 2.75) is 31.0 Å². The zero-order chi connectivity index (χ0) is 15.2. The summed E-state index contributed by atoms with van der Waals surface area (Å²) >= 11 is 0. The molecule has 0 amide bonds. The van der Waals surface area contributed by atoms with Gasteiger partial charge in [-0.3, -0.25) is 10.7 Å². The van der Waals surface area contributed by atoms with Gasteiger partial charge < -0.3 is 24.6 Å². The quantitative estimate of drug-likeness (QED) is 0.467. The summed E-state index contributed by atoms with van der Waals surface area (Å²) in [4.78, 5) is 7.97. The topological polar surface area (TPSA) is 133 Å². The zero-order valence-corrected chi connectivity index (χ0v) is 11.2. The number of aliphatic hydroxyl groups is 3. The lowest BCUT2D eigenvalue weighted by Gasteiger charge is -2.27. The molecule has 9 nitrogen and oxygen atoms in total. The predicted octanol–water partition coefficient (Wildman–Crippen LogP) is -0.766. The fourth-order valence-electron chi connectivity index (χ4n) is 2.64. The van der Waals surface area contributed by atoms with E-state index in [4.69, 9.17) is 9.94 Å². The molecule has 5 N–H and O–H groups in total. The van der Waals surface area contributed by atoms with Crippen LogP contribution in [0.1, 0.15) is 13.2 Å². The van der Waals surface area contributed by atoms with Gasteiger partial charge in [-0.25, -0.2) is 9.97 Å². The van der Waals surface area contributed by atoms with E-state index in [1.54, 1.807) is 12.3 Å². The van der Waals surface area contributed by atoms with Gasteiger partial charge in [0, 0.05) is 6.20 Å². The maximum absolute atomic E-state index is 10.5. The Hall–Kier alpha value is -1.78. The van der Waals surface area contributed by atoms with Crippen LogP contribution in [0.2, 0.25) is 0 Å². The zero-order valence-electron chi connectivity index (χ0n) is 11.2. The number of anilines is 1. The third-order valence-corrected chi connectivity index (χ3v) is 3.80. The number of nitrogens with one attached hydrogen (secondary N) is 1. The Morgan fingerprint density at radius 2 is 2.24 bits per heavy atom. The number of aromatic nitrogens is 3. The number of hydrogen-bond donors (Lipinski definition) is 5. The first-order chi connectivity index (χ1) is 10.0. The molecule has 1 unspecified atom stereocenters. The molecular weight excluding hydrogens is 280 g/mol. The normalized spacial score (nSPS) is 32.7. The number of hydrogen-bond acceptors (Lipinski definition) is 8. The van der Waals surface area contributed by atoms with E-state index < -0.39 is 30.6 Å². The van der Waals surface area contributed by atoms with E-state index in [2.05, 4.69) is 9.97 Å². The highest BCUT2D eigenvalue weighted by Crippen LogP contribution is 2.39. The Labute approximate surface area is 119 Å². The van der Waals surface area contributed by atoms with Crippen LogP contribution in [0.25, 0.3) is 11.0 Å². The molecule has 1 aliphatic heterocycles. The van der Waals surface area contributed by atoms with Crippen molar-refractivity contribution in [3.05, 3.63) is 18.6 Å². The first kappa shape index (κ1) is 14.2. The lowest BCUT2D eigenvalue weighted by molar-refractivity contribution is -0.0948. The van der Waals surface area contributed by atoms with Crippen LogP contribution in [0.5, 0.6) is 0 Å². The highest BCUT2D eigenvalue weighted by Gasteiger charge is 2.53. The minimum atomic E-state index is -1.60. The van der Waals surface area contributed by atoms with Crippen molar-refractivity contribution in [1.82, 2.24) is 14.5 Å². The van der Waals surface area contributed by atoms with Crippen LogP contribution >= 0.6 is 0 Å². The average molecular weight is 296 g/mol. The van der Waals surface area contributed by atoms with Gasteiger partial charge in [-0.2, -0.15) is 0 Å². The third-order valence-electron chi connectivity index (χ3n) is 3.80. The van der Waals surface area contributed by atoms with Gasteiger partial charge in [-0.15, -0.1) is 0 Å². The molecule has 1 fully saturated rings. The monoisotopic (exact) mass is 296 g/mol. The van der Waals surface area contributed by atoms with Crippen LogP contribution < -0.4 is 5.48 Å². The Morgan fingerprint density at radius 1 is 1.48 bits per heavy atom. The summed E-state index contributed by atoms with van der Waals surface area (Å²) < 4.78 is 7.06. The van der Waals surface area contributed by atoms with Gasteiger partial charge in [0.05, 0.1) is 12.0 Å². The summed E-state index contributed by atoms with van der Waals surface area (Å²) in [6.07, 6.45) is -0.196. The molecule has 0 aromatic carbocycles. The van der Waals surface area contributed by atoms with Crippen molar-refractivity contribution in [1.29, 1.82) is 0 Å². The van der Waals surface area contributed by atoms with Crippen LogP contribution in [0.15, 0.2) is 18.6 Å². The van der Waals surface area contributed by atoms with E-state index in [0.29, 0.717) is 11.0 Å². The maximum atomic E-state index is 10.5. The van der Waals surface area contributed by atoms with Crippen molar-refractivity contribution in [2.24, 2.45) is 0 Å². The molecule has 0 aliphatic carbocycles. The number of aliphatic hydroxyl groups excluding tert-OH is 2. The molecule has 4 atom stereocenters. The van der Waals surface area contributed by atoms with E-state index in [0.717, 1.165) is 0 Å². The number of ether oxygens (including phenoxy) is 1. The molecule has 3 heterocycles. The van der Waals surface area contributed by atoms with Crippen molar-refractivity contribution in [3.63, 3.8) is 0 Å². The van der Waals surface area contributed by atoms with Gasteiger partial charge >= 0.3 is 0 Å². The summed E-state index contributed by atoms with van der Waals surface area (Å²) in [5.74, 6) is 0.218. The fourth-order valence-corrected chi connectivity index (χ4v) is 2.64. The van der Waals surface area contributed by atoms with Gasteiger partial charge in [-0.1, -0.05) is 0 Å². The molecule has 9 heteroatoms. The minimum Gasteiger partial charge on any atom is -0.394 e. The molecule has 0 spiro atoms. The summed E-state index contributed by atoms with van der Waals surface area (Å²) in [5.41, 5.74) is 0.781. The summed E-state index contributed by atoms with van der Waals surface area (Å²) in [7, 11) is 0. The van der Waals surface area contributed by atoms with Gasteiger partial charge in [0.25, 0.3) is 0 Å². The first-order valence-corrected chi connectivity index (χ1v) is 6.39. The molecule has 3 rings (SSSR count). The lowest BCUT2D eigenvalue weighted by Crippen LogP contribution is -2.44. The van der Waals surface area contributed by atoms with Crippen molar-refractivity contribution >= 4 is 16.9 Å². The molecule has 114 valence electrons. The van der Waals surface area contributed by atoms with Crippen molar-refractivity contribution < 1.29 is 25.3 Å². The van der Waals surface area contributed by atoms with Crippen LogP contribution in [0.3, 0.4) is 0 Å². The Morgan fingerprint density at radius 3 is 2.86 bits per heavy atom. The Bertz CT molecular complexity index is 658. The SMILES string of the molecule is CC1(O)[C@H](O)[C@@H](CO)O[C@H]1n1ccc2c(NO)ncnc21. The number of fused-ring (bicyclic) bond motifs is 1. The predicted molar refractivity (Wildman–Crippen MR) is 70.6 cm³/mol. The number of nitrogens with zero attached hydrogens (tertiary/aromatic N) is 3. The second-order valence-electron chi connectivity index (χ2n) is 5.17. The van der Waals surface area contributed by atoms with Crippen LogP contribution in [0, 0.1) is 0 Å². The van der Waals surface area contributed by atoms with Crippen LogP contribution in [0.4, 0.5) is 5.82 Å². The molecule has 1 aliphatic rings. The van der Waals surface area contributed by atoms with Crippen LogP contribution in [-0.2, 0) is 4.74 Å². The molecule has 0 saturated carbocycles. The smallest absolute Gasteiger partial charge is 0.167 e. The van der Waals surface area contributed by atoms with Crippen molar-refractivity contribution in [2.75, 3.05) is 12.1 Å². The molecule has 2 aromatic heterocycles. The van der Waals surface area contributed by atoms with Gasteiger partial charge in [-0.05, 0) is 13.0 Å². The van der Waals surface area contributed by atoms with E-state index in [1.165, 1.54) is 17.8 Å². The fraction of sp³-hybridized carbons (Fsp3) is 0.500. The van der Waals surface area contributed by atoms with E-state index in [1.807, 2.05) is 5.48 Å². The summed E-state index contributed by atoms with van der Waals surface area (Å²) in [6.45, 7) is 1.02. The first-order valence-electron chi connectivity index (χ1n) is 6.39. The molecule has 0 radical (unpaired) electrons. The Balaban J connectivity index is 2.09. The summed E-state index contributed by atoms with van der Waals surface area (Å²) in [6, 6.07) is 1.64. The maximum Gasteiger partial charge on any atom is 0.167 e. The molecule has 2 aromatic rings. The van der Waals surface area contributed by atoms with Gasteiger partial charge in [0.15, 0.2) is 12.0 Å². The third kappa shape index (κ3) is 1.98. The largest absolute Gasteiger partial charge is 0.394 e. The second-order valence-corrected chi connectivity index (χ2v) is 5.17. The van der Waals surface area contributed by atoms with Gasteiger partial charge in [0.2, 0.25) is 0 Å². The minimum absolute atomic E-state index is 0.218. The van der Waals surface area contributed by atoms with E-state index in [-0.39, 0.29) is 5.82 Å². The highest BCUT2D eigenvalue weighted by atomic mass is 16.6. The standard InChI is InChI=1S/C12H16N4O5/c1-12(19)8(18)7(4-17)21-11(12)16-3-2-6-9(15-20)13-5-14-10(6)16/h2-3,5,7-8,11,17-20H,4H2,1H3,(H,13,14,15)/t7-,8-,11-,12?/m1/s1. The van der Waals surface area contributed by atoms with E-state index >= 15 is 0 Å². The van der Waals surface area contributed by atoms with Gasteiger partial charge in [0.1, 0.15) is 29.8 Å². The lowest BCUT2D eigenvalue weighted by atomic mass is 9.96. The molecule has 0 bridgehead atoms. The Kier molecular flexibility index (Phi) is 3.30. The molecule has 1 saturated heterocycles. The highest BCUT2D eigenvalue weighted by molar-refractivity contribution is 5.86. The second kappa shape index (κ2) is 4.90. The molecular formula is C12H16N4O5. The average Bonchev–Trinajstić information content (AvgIpc) is 2.99. The van der Waals surface area contributed by atoms with Crippen molar-refractivity contribution in [3.8, 4) is 0 Å². The van der Waals surface area contributed by atoms with E-state index in [9.17, 15) is 15.3 Å². The summed E-state index contributed by atoms with van der Waals surface area (Å²) in [5, 5.41) is 39.3. The number of rotatable bonds is 3. The molecule has 21 heavy (non-hydrogen) atoms. The van der Waals surface area contributed by atoms with Crippen LogP contribution in [-0.4, -0.2) is 59.5 Å².